The number of halogens is 2. The highest BCUT2D eigenvalue weighted by molar-refractivity contribution is 6.40. The van der Waals surface area contributed by atoms with Crippen LogP contribution < -0.4 is 10.3 Å². The molecule has 0 spiro atoms. The zero-order chi connectivity index (χ0) is 24.0. The minimum absolute atomic E-state index is 0.0705. The molecule has 0 aromatic heterocycles. The normalized spacial score (nSPS) is 15.1. The summed E-state index contributed by atoms with van der Waals surface area (Å²) in [7, 11) is 0. The fraction of sp³-hybridized carbons (Fsp3) is 0.304. The molecule has 0 aliphatic carbocycles. The van der Waals surface area contributed by atoms with Gasteiger partial charge in [0.05, 0.1) is 34.6 Å². The summed E-state index contributed by atoms with van der Waals surface area (Å²) in [6.45, 7) is 3.73. The van der Waals surface area contributed by atoms with Gasteiger partial charge in [0.2, 0.25) is 11.8 Å². The number of benzene rings is 2. The lowest BCUT2D eigenvalue weighted by Crippen LogP contribution is -2.48. The van der Waals surface area contributed by atoms with Crippen LogP contribution in [-0.2, 0) is 19.1 Å². The van der Waals surface area contributed by atoms with Crippen molar-refractivity contribution in [2.24, 2.45) is 5.10 Å². The topological polar surface area (TPSA) is 91.3 Å². The van der Waals surface area contributed by atoms with Gasteiger partial charge in [0.15, 0.2) is 0 Å². The maximum Gasteiger partial charge on any atom is 0.354 e. The molecular formula is C23H24Cl2N4O4. The van der Waals surface area contributed by atoms with Gasteiger partial charge in [0.25, 0.3) is 0 Å². The van der Waals surface area contributed by atoms with Crippen molar-refractivity contribution in [2.45, 2.75) is 26.3 Å². The van der Waals surface area contributed by atoms with E-state index in [0.29, 0.717) is 15.7 Å². The highest BCUT2D eigenvalue weighted by atomic mass is 35.5. The first-order valence-corrected chi connectivity index (χ1v) is 11.2. The van der Waals surface area contributed by atoms with Crippen LogP contribution in [0.3, 0.4) is 0 Å². The van der Waals surface area contributed by atoms with Crippen LogP contribution in [0.4, 0.5) is 11.4 Å². The highest BCUT2D eigenvalue weighted by Crippen LogP contribution is 2.30. The minimum atomic E-state index is -0.788. The van der Waals surface area contributed by atoms with E-state index in [1.165, 1.54) is 9.91 Å². The van der Waals surface area contributed by atoms with Crippen LogP contribution in [0.1, 0.15) is 20.3 Å². The molecule has 2 aromatic rings. The second-order valence-corrected chi connectivity index (χ2v) is 7.98. The monoisotopic (exact) mass is 490 g/mol. The van der Waals surface area contributed by atoms with Gasteiger partial charge in [-0.3, -0.25) is 14.6 Å². The molecule has 0 bridgehead atoms. The SMILES string of the molecule is CCOC(=O)C1=NN(c2ccccc2)C(C(=O)N(CC)CC(=O)Nc2c(Cl)cccc2Cl)C1. The third-order valence-corrected chi connectivity index (χ3v) is 5.61. The molecule has 174 valence electrons. The Morgan fingerprint density at radius 3 is 2.36 bits per heavy atom. The van der Waals surface area contributed by atoms with Gasteiger partial charge >= 0.3 is 5.97 Å². The lowest BCUT2D eigenvalue weighted by atomic mass is 10.1. The number of hydrogen-bond acceptors (Lipinski definition) is 6. The molecule has 1 aliphatic rings. The number of hydrogen-bond donors (Lipinski definition) is 1. The summed E-state index contributed by atoms with van der Waals surface area (Å²) in [6.07, 6.45) is 0.0705. The third-order valence-electron chi connectivity index (χ3n) is 4.98. The molecule has 0 saturated carbocycles. The summed E-state index contributed by atoms with van der Waals surface area (Å²) < 4.78 is 5.07. The van der Waals surface area contributed by atoms with E-state index in [1.54, 1.807) is 44.2 Å². The van der Waals surface area contributed by atoms with Crippen LogP contribution in [0, 0.1) is 0 Å². The van der Waals surface area contributed by atoms with Crippen LogP contribution >= 0.6 is 23.2 Å². The molecule has 0 saturated heterocycles. The standard InChI is InChI=1S/C23H24Cl2N4O4/c1-3-28(14-20(30)26-21-16(24)11-8-12-17(21)25)22(31)19-13-18(23(32)33-4-2)27-29(19)15-9-6-5-7-10-15/h5-12,19H,3-4,13-14H2,1-2H3,(H,26,30). The van der Waals surface area contributed by atoms with E-state index in [4.69, 9.17) is 27.9 Å². The van der Waals surface area contributed by atoms with Gasteiger partial charge in [0, 0.05) is 13.0 Å². The summed E-state index contributed by atoms with van der Waals surface area (Å²) in [5.41, 5.74) is 1.09. The second-order valence-electron chi connectivity index (χ2n) is 7.16. The number of nitrogens with one attached hydrogen (secondary N) is 1. The number of carbonyl (C=O) groups is 3. The number of ether oxygens (including phenoxy) is 1. The second kappa shape index (κ2) is 11.2. The summed E-state index contributed by atoms with van der Waals surface area (Å²) in [5.74, 6) is -1.36. The van der Waals surface area contributed by atoms with Crippen molar-refractivity contribution < 1.29 is 19.1 Å². The van der Waals surface area contributed by atoms with Gasteiger partial charge in [-0.2, -0.15) is 5.10 Å². The average Bonchev–Trinajstić information content (AvgIpc) is 3.26. The molecule has 10 heteroatoms. The van der Waals surface area contributed by atoms with Crippen LogP contribution in [0.15, 0.2) is 53.6 Å². The molecule has 1 atom stereocenters. The summed E-state index contributed by atoms with van der Waals surface area (Å²) in [5, 5.41) is 9.11. The van der Waals surface area contributed by atoms with Crippen LogP contribution in [0.25, 0.3) is 0 Å². The van der Waals surface area contributed by atoms with Gasteiger partial charge in [-0.05, 0) is 38.1 Å². The maximum absolute atomic E-state index is 13.4. The fourth-order valence-electron chi connectivity index (χ4n) is 3.38. The Labute approximate surface area is 202 Å². The van der Waals surface area contributed by atoms with E-state index in [0.717, 1.165) is 0 Å². The molecule has 33 heavy (non-hydrogen) atoms. The number of rotatable bonds is 8. The van der Waals surface area contributed by atoms with E-state index in [9.17, 15) is 14.4 Å². The van der Waals surface area contributed by atoms with Gasteiger partial charge in [-0.1, -0.05) is 47.5 Å². The molecule has 1 unspecified atom stereocenters. The fourth-order valence-corrected chi connectivity index (χ4v) is 3.88. The number of esters is 1. The van der Waals surface area contributed by atoms with E-state index < -0.39 is 17.9 Å². The summed E-state index contributed by atoms with van der Waals surface area (Å²) in [6, 6.07) is 13.1. The van der Waals surface area contributed by atoms with Crippen LogP contribution in [-0.4, -0.2) is 54.1 Å². The van der Waals surface area contributed by atoms with Crippen LogP contribution in [0.2, 0.25) is 10.0 Å². The Kier molecular flexibility index (Phi) is 8.30. The van der Waals surface area contributed by atoms with Gasteiger partial charge in [-0.25, -0.2) is 4.79 Å². The van der Waals surface area contributed by atoms with Crippen molar-refractivity contribution in [1.82, 2.24) is 4.90 Å². The lowest BCUT2D eigenvalue weighted by Gasteiger charge is -2.28. The average molecular weight is 491 g/mol. The van der Waals surface area contributed by atoms with E-state index in [1.807, 2.05) is 18.2 Å². The van der Waals surface area contributed by atoms with Crippen LogP contribution in [0.5, 0.6) is 0 Å². The molecule has 1 N–H and O–H groups in total. The Morgan fingerprint density at radius 2 is 1.76 bits per heavy atom. The third kappa shape index (κ3) is 5.83. The predicted octanol–water partition coefficient (Wildman–Crippen LogP) is 3.98. The van der Waals surface area contributed by atoms with E-state index in [-0.39, 0.29) is 43.4 Å². The van der Waals surface area contributed by atoms with Gasteiger partial charge in [0.1, 0.15) is 11.8 Å². The molecule has 0 fully saturated rings. The molecule has 1 aliphatic heterocycles. The molecule has 0 radical (unpaired) electrons. The molecule has 2 amide bonds. The molecule has 1 heterocycles. The number of hydrazone groups is 1. The molecule has 2 aromatic carbocycles. The number of anilines is 2. The Morgan fingerprint density at radius 1 is 1.09 bits per heavy atom. The lowest BCUT2D eigenvalue weighted by molar-refractivity contribution is -0.135. The highest BCUT2D eigenvalue weighted by Gasteiger charge is 2.39. The number of carbonyl (C=O) groups excluding carboxylic acids is 3. The number of nitrogens with zero attached hydrogens (tertiary/aromatic N) is 3. The smallest absolute Gasteiger partial charge is 0.354 e. The van der Waals surface area contributed by atoms with Crippen molar-refractivity contribution in [3.63, 3.8) is 0 Å². The quantitative estimate of drug-likeness (QED) is 0.565. The van der Waals surface area contributed by atoms with Crippen molar-refractivity contribution in [2.75, 3.05) is 30.0 Å². The van der Waals surface area contributed by atoms with Gasteiger partial charge < -0.3 is 15.0 Å². The maximum atomic E-state index is 13.4. The van der Waals surface area contributed by atoms with Crippen molar-refractivity contribution in [1.29, 1.82) is 0 Å². The minimum Gasteiger partial charge on any atom is -0.461 e. The Hall–Kier alpha value is -3.10. The number of amides is 2. The van der Waals surface area contributed by atoms with Crippen molar-refractivity contribution in [3.8, 4) is 0 Å². The van der Waals surface area contributed by atoms with E-state index in [2.05, 4.69) is 10.4 Å². The first-order valence-electron chi connectivity index (χ1n) is 10.5. The van der Waals surface area contributed by atoms with Crippen molar-refractivity contribution in [3.05, 3.63) is 58.6 Å². The largest absolute Gasteiger partial charge is 0.461 e. The molecule has 8 nitrogen and oxygen atoms in total. The molecular weight excluding hydrogens is 467 g/mol. The number of likely N-dealkylation sites (N-methyl/N-ethyl adjacent to an activating group) is 1. The van der Waals surface area contributed by atoms with E-state index >= 15 is 0 Å². The molecule has 3 rings (SSSR count). The Bertz CT molecular complexity index is 1040. The zero-order valence-corrected chi connectivity index (χ0v) is 19.8. The van der Waals surface area contributed by atoms with Crippen molar-refractivity contribution >= 4 is 58.1 Å². The number of para-hydroxylation sites is 2. The zero-order valence-electron chi connectivity index (χ0n) is 18.3. The predicted molar refractivity (Wildman–Crippen MR) is 129 cm³/mol. The Balaban J connectivity index is 1.78. The first-order chi connectivity index (χ1) is 15.8. The summed E-state index contributed by atoms with van der Waals surface area (Å²) >= 11 is 12.2. The van der Waals surface area contributed by atoms with Gasteiger partial charge in [-0.15, -0.1) is 0 Å². The first kappa shape index (κ1) is 24.5. The summed E-state index contributed by atoms with van der Waals surface area (Å²) in [4.78, 5) is 39.8.